The van der Waals surface area contributed by atoms with Crippen molar-refractivity contribution in [1.29, 1.82) is 5.26 Å². The summed E-state index contributed by atoms with van der Waals surface area (Å²) >= 11 is 6.20. The standard InChI is InChI=1S/C22H26ClNO/c1-3-21(23)15-17(2)5-4-14-25-22-12-10-20(11-13-22)19-8-6-18(16-24)7-9-19/h6-13,17,21H,3-5,14-15H2,1-2H3. The van der Waals surface area contributed by atoms with Crippen LogP contribution < -0.4 is 4.74 Å². The highest BCUT2D eigenvalue weighted by Gasteiger charge is 2.08. The maximum atomic E-state index is 8.85. The molecule has 0 heterocycles. The number of nitriles is 1. The summed E-state index contributed by atoms with van der Waals surface area (Å²) in [6.45, 7) is 5.13. The molecule has 3 heteroatoms. The van der Waals surface area contributed by atoms with E-state index in [0.29, 0.717) is 16.9 Å². The number of hydrogen-bond donors (Lipinski definition) is 0. The zero-order valence-corrected chi connectivity index (χ0v) is 15.8. The van der Waals surface area contributed by atoms with Gasteiger partial charge in [-0.1, -0.05) is 38.1 Å². The van der Waals surface area contributed by atoms with Crippen LogP contribution in [-0.4, -0.2) is 12.0 Å². The molecule has 0 aliphatic heterocycles. The Bertz CT molecular complexity index is 673. The maximum absolute atomic E-state index is 8.85. The van der Waals surface area contributed by atoms with Crippen LogP contribution in [0.4, 0.5) is 0 Å². The molecule has 2 unspecified atom stereocenters. The van der Waals surface area contributed by atoms with Crippen LogP contribution in [0, 0.1) is 17.2 Å². The number of rotatable bonds is 9. The second-order valence-electron chi connectivity index (χ2n) is 6.55. The van der Waals surface area contributed by atoms with Crippen molar-refractivity contribution < 1.29 is 4.74 Å². The average Bonchev–Trinajstić information content (AvgIpc) is 2.65. The summed E-state index contributed by atoms with van der Waals surface area (Å²) in [5.41, 5.74) is 2.90. The van der Waals surface area contributed by atoms with Crippen molar-refractivity contribution >= 4 is 11.6 Å². The van der Waals surface area contributed by atoms with Crippen molar-refractivity contribution in [2.45, 2.75) is 44.9 Å². The topological polar surface area (TPSA) is 33.0 Å². The molecule has 0 saturated heterocycles. The molecule has 0 aromatic heterocycles. The Labute approximate surface area is 156 Å². The zero-order chi connectivity index (χ0) is 18.1. The van der Waals surface area contributed by atoms with Gasteiger partial charge in [0.25, 0.3) is 0 Å². The first-order valence-corrected chi connectivity index (χ1v) is 9.43. The molecule has 0 spiro atoms. The van der Waals surface area contributed by atoms with Crippen molar-refractivity contribution in [3.63, 3.8) is 0 Å². The van der Waals surface area contributed by atoms with Crippen molar-refractivity contribution in [3.05, 3.63) is 54.1 Å². The summed E-state index contributed by atoms with van der Waals surface area (Å²) in [5.74, 6) is 1.54. The van der Waals surface area contributed by atoms with Gasteiger partial charge in [0.2, 0.25) is 0 Å². The number of nitrogens with zero attached hydrogens (tertiary/aromatic N) is 1. The lowest BCUT2D eigenvalue weighted by molar-refractivity contribution is 0.292. The summed E-state index contributed by atoms with van der Waals surface area (Å²) in [5, 5.41) is 9.15. The fraction of sp³-hybridized carbons (Fsp3) is 0.409. The summed E-state index contributed by atoms with van der Waals surface area (Å²) in [6.07, 6.45) is 4.31. The summed E-state index contributed by atoms with van der Waals surface area (Å²) in [4.78, 5) is 0. The number of halogens is 1. The minimum Gasteiger partial charge on any atom is -0.494 e. The molecular weight excluding hydrogens is 330 g/mol. The van der Waals surface area contributed by atoms with E-state index in [4.69, 9.17) is 21.6 Å². The van der Waals surface area contributed by atoms with Crippen molar-refractivity contribution in [1.82, 2.24) is 0 Å². The Balaban J connectivity index is 1.77. The first-order chi connectivity index (χ1) is 12.1. The lowest BCUT2D eigenvalue weighted by Crippen LogP contribution is -2.07. The molecule has 25 heavy (non-hydrogen) atoms. The molecule has 0 aliphatic carbocycles. The molecule has 0 aliphatic rings. The zero-order valence-electron chi connectivity index (χ0n) is 15.0. The van der Waals surface area contributed by atoms with Crippen LogP contribution in [0.25, 0.3) is 11.1 Å². The monoisotopic (exact) mass is 355 g/mol. The summed E-state index contributed by atoms with van der Waals surface area (Å²) < 4.78 is 5.84. The van der Waals surface area contributed by atoms with E-state index in [2.05, 4.69) is 32.0 Å². The van der Waals surface area contributed by atoms with Crippen LogP contribution in [0.2, 0.25) is 0 Å². The molecule has 2 nitrogen and oxygen atoms in total. The SMILES string of the molecule is CCC(Cl)CC(C)CCCOc1ccc(-c2ccc(C#N)cc2)cc1. The fourth-order valence-corrected chi connectivity index (χ4v) is 3.13. The third kappa shape index (κ3) is 6.44. The van der Waals surface area contributed by atoms with Gasteiger partial charge >= 0.3 is 0 Å². The normalized spacial score (nSPS) is 13.0. The van der Waals surface area contributed by atoms with Crippen LogP contribution in [-0.2, 0) is 0 Å². The van der Waals surface area contributed by atoms with E-state index in [-0.39, 0.29) is 0 Å². The molecule has 0 bridgehead atoms. The minimum absolute atomic E-state index is 0.297. The Morgan fingerprint density at radius 3 is 2.20 bits per heavy atom. The highest BCUT2D eigenvalue weighted by molar-refractivity contribution is 6.20. The number of ether oxygens (including phenoxy) is 1. The highest BCUT2D eigenvalue weighted by atomic mass is 35.5. The fourth-order valence-electron chi connectivity index (χ4n) is 2.82. The van der Waals surface area contributed by atoms with Crippen LogP contribution in [0.3, 0.4) is 0 Å². The third-order valence-corrected chi connectivity index (χ3v) is 4.90. The van der Waals surface area contributed by atoms with E-state index in [1.807, 2.05) is 36.4 Å². The van der Waals surface area contributed by atoms with E-state index in [1.165, 1.54) is 0 Å². The van der Waals surface area contributed by atoms with Crippen molar-refractivity contribution in [2.75, 3.05) is 6.61 Å². The lowest BCUT2D eigenvalue weighted by Gasteiger charge is -2.14. The molecule has 0 amide bonds. The number of hydrogen-bond acceptors (Lipinski definition) is 2. The average molecular weight is 356 g/mol. The summed E-state index contributed by atoms with van der Waals surface area (Å²) in [6, 6.07) is 17.9. The van der Waals surface area contributed by atoms with Gasteiger partial charge in [0.1, 0.15) is 5.75 Å². The Kier molecular flexibility index (Phi) is 7.82. The van der Waals surface area contributed by atoms with Crippen molar-refractivity contribution in [2.24, 2.45) is 5.92 Å². The van der Waals surface area contributed by atoms with Gasteiger partial charge < -0.3 is 4.74 Å². The van der Waals surface area contributed by atoms with Gasteiger partial charge in [-0.15, -0.1) is 11.6 Å². The Hall–Kier alpha value is -1.98. The largest absolute Gasteiger partial charge is 0.494 e. The van der Waals surface area contributed by atoms with Crippen LogP contribution >= 0.6 is 11.6 Å². The Morgan fingerprint density at radius 1 is 1.04 bits per heavy atom. The first kappa shape index (κ1) is 19.3. The Morgan fingerprint density at radius 2 is 1.64 bits per heavy atom. The molecule has 2 aromatic carbocycles. The van der Waals surface area contributed by atoms with E-state index in [9.17, 15) is 0 Å². The van der Waals surface area contributed by atoms with E-state index >= 15 is 0 Å². The molecule has 0 fully saturated rings. The molecule has 0 saturated carbocycles. The van der Waals surface area contributed by atoms with Gasteiger partial charge in [-0.05, 0) is 67.0 Å². The number of alkyl halides is 1. The van der Waals surface area contributed by atoms with Crippen LogP contribution in [0.1, 0.15) is 45.1 Å². The van der Waals surface area contributed by atoms with Gasteiger partial charge in [-0.3, -0.25) is 0 Å². The third-order valence-electron chi connectivity index (χ3n) is 4.41. The van der Waals surface area contributed by atoms with Gasteiger partial charge in [-0.25, -0.2) is 0 Å². The molecule has 132 valence electrons. The molecule has 0 N–H and O–H groups in total. The van der Waals surface area contributed by atoms with E-state index < -0.39 is 0 Å². The number of benzene rings is 2. The van der Waals surface area contributed by atoms with Gasteiger partial charge in [0.05, 0.1) is 18.2 Å². The second kappa shape index (κ2) is 10.1. The smallest absolute Gasteiger partial charge is 0.119 e. The van der Waals surface area contributed by atoms with E-state index in [0.717, 1.165) is 49.2 Å². The molecular formula is C22H26ClNO. The quantitative estimate of drug-likeness (QED) is 0.383. The second-order valence-corrected chi connectivity index (χ2v) is 7.17. The van der Waals surface area contributed by atoms with Crippen LogP contribution in [0.5, 0.6) is 5.75 Å². The molecule has 2 atom stereocenters. The first-order valence-electron chi connectivity index (χ1n) is 8.99. The van der Waals surface area contributed by atoms with Crippen LogP contribution in [0.15, 0.2) is 48.5 Å². The highest BCUT2D eigenvalue weighted by Crippen LogP contribution is 2.23. The minimum atomic E-state index is 0.297. The molecule has 0 radical (unpaired) electrons. The maximum Gasteiger partial charge on any atom is 0.119 e. The lowest BCUT2D eigenvalue weighted by atomic mass is 9.99. The van der Waals surface area contributed by atoms with Gasteiger partial charge in [-0.2, -0.15) is 5.26 Å². The van der Waals surface area contributed by atoms with Crippen molar-refractivity contribution in [3.8, 4) is 22.9 Å². The van der Waals surface area contributed by atoms with Gasteiger partial charge in [0.15, 0.2) is 0 Å². The van der Waals surface area contributed by atoms with Gasteiger partial charge in [0, 0.05) is 5.38 Å². The predicted octanol–water partition coefficient (Wildman–Crippen LogP) is 6.43. The van der Waals surface area contributed by atoms with E-state index in [1.54, 1.807) is 0 Å². The molecule has 2 rings (SSSR count). The predicted molar refractivity (Wildman–Crippen MR) is 105 cm³/mol. The molecule has 2 aromatic rings. The summed E-state index contributed by atoms with van der Waals surface area (Å²) in [7, 11) is 0.